The molecule has 0 aliphatic heterocycles. The summed E-state index contributed by atoms with van der Waals surface area (Å²) in [5.41, 5.74) is 1.62. The Morgan fingerprint density at radius 3 is 2.10 bits per heavy atom. The molecule has 1 aromatic carbocycles. The Morgan fingerprint density at radius 2 is 1.80 bits per heavy atom. The van der Waals surface area contributed by atoms with Gasteiger partial charge in [0.1, 0.15) is 5.38 Å². The van der Waals surface area contributed by atoms with Gasteiger partial charge in [-0.05, 0) is 5.56 Å². The summed E-state index contributed by atoms with van der Waals surface area (Å²) in [4.78, 5) is 11.1. The molecule has 2 aliphatic carbocycles. The lowest BCUT2D eigenvalue weighted by Crippen LogP contribution is -2.12. The van der Waals surface area contributed by atoms with Crippen LogP contribution in [0.1, 0.15) is 21.3 Å². The maximum absolute atomic E-state index is 11.1. The Bertz CT molecular complexity index is 276. The summed E-state index contributed by atoms with van der Waals surface area (Å²) in [7, 11) is 0. The second kappa shape index (κ2) is 1.83. The fraction of sp³-hybridized carbons (Fsp3) is 0.125. The first-order chi connectivity index (χ1) is 4.79. The molecule has 0 saturated heterocycles. The van der Waals surface area contributed by atoms with Gasteiger partial charge in [-0.3, -0.25) is 4.79 Å². The number of hydrogen-bond acceptors (Lipinski definition) is 1. The third kappa shape index (κ3) is 0.611. The van der Waals surface area contributed by atoms with E-state index in [1.54, 1.807) is 12.1 Å². The fourth-order valence-corrected chi connectivity index (χ4v) is 1.39. The molecule has 0 saturated carbocycles. The molecule has 3 rings (SSSR count). The molecular weight excluding hydrogens is 148 g/mol. The third-order valence-corrected chi connectivity index (χ3v) is 2.17. The number of carbonyl (C=O) groups excluding carboxylic acids is 1. The van der Waals surface area contributed by atoms with Crippen LogP contribution in [0.15, 0.2) is 24.3 Å². The number of alkyl halides is 1. The van der Waals surface area contributed by atoms with Gasteiger partial charge in [-0.15, -0.1) is 11.6 Å². The van der Waals surface area contributed by atoms with E-state index in [1.165, 1.54) is 0 Å². The van der Waals surface area contributed by atoms with Crippen molar-refractivity contribution >= 4 is 17.4 Å². The molecule has 0 fully saturated rings. The number of fused-ring (bicyclic) bond motifs is 3. The first kappa shape index (κ1) is 5.93. The van der Waals surface area contributed by atoms with Gasteiger partial charge in [-0.1, -0.05) is 24.3 Å². The first-order valence-corrected chi connectivity index (χ1v) is 3.51. The van der Waals surface area contributed by atoms with E-state index < -0.39 is 5.38 Å². The maximum Gasteiger partial charge on any atom is 0.185 e. The summed E-state index contributed by atoms with van der Waals surface area (Å²) in [6.07, 6.45) is 0. The largest absolute Gasteiger partial charge is 0.292 e. The van der Waals surface area contributed by atoms with Gasteiger partial charge in [0.25, 0.3) is 0 Å². The lowest BCUT2D eigenvalue weighted by Gasteiger charge is -2.15. The number of hydrogen-bond donors (Lipinski definition) is 0. The number of halogens is 1. The van der Waals surface area contributed by atoms with Gasteiger partial charge in [-0.25, -0.2) is 0 Å². The molecule has 0 heterocycles. The van der Waals surface area contributed by atoms with Crippen LogP contribution >= 0.6 is 11.6 Å². The second-order valence-electron chi connectivity index (χ2n) is 2.35. The van der Waals surface area contributed by atoms with Crippen LogP contribution in [0.3, 0.4) is 0 Å². The topological polar surface area (TPSA) is 17.1 Å². The van der Waals surface area contributed by atoms with Crippen molar-refractivity contribution in [3.8, 4) is 0 Å². The molecule has 1 nitrogen and oxygen atoms in total. The molecule has 10 heavy (non-hydrogen) atoms. The summed E-state index contributed by atoms with van der Waals surface area (Å²) < 4.78 is 0. The lowest BCUT2D eigenvalue weighted by atomic mass is 9.95. The highest BCUT2D eigenvalue weighted by Crippen LogP contribution is 2.30. The van der Waals surface area contributed by atoms with Crippen LogP contribution in [0.25, 0.3) is 0 Å². The van der Waals surface area contributed by atoms with Gasteiger partial charge in [-0.2, -0.15) is 0 Å². The van der Waals surface area contributed by atoms with Crippen molar-refractivity contribution in [3.05, 3.63) is 35.4 Å². The average molecular weight is 153 g/mol. The zero-order valence-corrected chi connectivity index (χ0v) is 5.93. The molecular formula is C8H5ClO. The van der Waals surface area contributed by atoms with Crippen LogP contribution in [-0.4, -0.2) is 5.78 Å². The van der Waals surface area contributed by atoms with E-state index >= 15 is 0 Å². The molecule has 0 aromatic heterocycles. The molecule has 0 N–H and O–H groups in total. The highest BCUT2D eigenvalue weighted by molar-refractivity contribution is 6.34. The van der Waals surface area contributed by atoms with Crippen LogP contribution in [0.4, 0.5) is 0 Å². The van der Waals surface area contributed by atoms with Crippen LogP contribution in [0, 0.1) is 0 Å². The van der Waals surface area contributed by atoms with E-state index in [0.717, 1.165) is 11.1 Å². The van der Waals surface area contributed by atoms with E-state index in [1.807, 2.05) is 12.1 Å². The Kier molecular flexibility index (Phi) is 1.08. The molecule has 0 spiro atoms. The summed E-state index contributed by atoms with van der Waals surface area (Å²) >= 11 is 5.75. The SMILES string of the molecule is O=C1c2ccc(cc2)C1Cl. The standard InChI is InChI=1S/C8H5ClO/c9-7-5-1-3-6(4-2-5)8(7)10/h1-4,7H. The number of carbonyl (C=O) groups is 1. The zero-order chi connectivity index (χ0) is 7.14. The van der Waals surface area contributed by atoms with Gasteiger partial charge >= 0.3 is 0 Å². The third-order valence-electron chi connectivity index (χ3n) is 1.72. The van der Waals surface area contributed by atoms with Crippen molar-refractivity contribution in [2.45, 2.75) is 5.38 Å². The van der Waals surface area contributed by atoms with E-state index in [9.17, 15) is 4.79 Å². The maximum atomic E-state index is 11.1. The van der Waals surface area contributed by atoms with Crippen molar-refractivity contribution in [1.29, 1.82) is 0 Å². The van der Waals surface area contributed by atoms with Crippen LogP contribution in [-0.2, 0) is 0 Å². The monoisotopic (exact) mass is 152 g/mol. The minimum atomic E-state index is -0.426. The van der Waals surface area contributed by atoms with Crippen molar-refractivity contribution < 1.29 is 4.79 Å². The normalized spacial score (nSPS) is 21.7. The molecule has 1 atom stereocenters. The van der Waals surface area contributed by atoms with Gasteiger partial charge in [0.05, 0.1) is 0 Å². The molecule has 0 radical (unpaired) electrons. The molecule has 2 bridgehead atoms. The van der Waals surface area contributed by atoms with E-state index in [-0.39, 0.29) is 5.78 Å². The lowest BCUT2D eigenvalue weighted by molar-refractivity contribution is 0.0983. The van der Waals surface area contributed by atoms with Gasteiger partial charge in [0.15, 0.2) is 5.78 Å². The first-order valence-electron chi connectivity index (χ1n) is 3.07. The van der Waals surface area contributed by atoms with Gasteiger partial charge < -0.3 is 0 Å². The molecule has 1 aromatic rings. The minimum absolute atomic E-state index is 0.0293. The summed E-state index contributed by atoms with van der Waals surface area (Å²) in [6.45, 7) is 0. The Balaban J connectivity index is 2.69. The summed E-state index contributed by atoms with van der Waals surface area (Å²) in [5.74, 6) is 0.0293. The van der Waals surface area contributed by atoms with Crippen LogP contribution in [0.2, 0.25) is 0 Å². The van der Waals surface area contributed by atoms with Crippen LogP contribution in [0.5, 0.6) is 0 Å². The second-order valence-corrected chi connectivity index (χ2v) is 2.79. The molecule has 0 amide bonds. The van der Waals surface area contributed by atoms with Crippen molar-refractivity contribution in [2.75, 3.05) is 0 Å². The molecule has 2 aliphatic rings. The Labute approximate surface area is 63.6 Å². The average Bonchev–Trinajstić information content (AvgIpc) is 2.00. The highest BCUT2D eigenvalue weighted by Gasteiger charge is 2.23. The van der Waals surface area contributed by atoms with E-state index in [2.05, 4.69) is 0 Å². The number of benzene rings is 1. The molecule has 1 unspecified atom stereocenters. The molecule has 50 valence electrons. The van der Waals surface area contributed by atoms with Gasteiger partial charge in [0, 0.05) is 5.56 Å². The molecule has 2 heteroatoms. The number of ketones is 1. The van der Waals surface area contributed by atoms with Crippen LogP contribution < -0.4 is 0 Å². The van der Waals surface area contributed by atoms with E-state index in [4.69, 9.17) is 11.6 Å². The predicted molar refractivity (Wildman–Crippen MR) is 39.4 cm³/mol. The number of rotatable bonds is 0. The predicted octanol–water partition coefficient (Wildman–Crippen LogP) is 2.16. The minimum Gasteiger partial charge on any atom is -0.292 e. The quantitative estimate of drug-likeness (QED) is 0.521. The fourth-order valence-electron chi connectivity index (χ4n) is 1.11. The number of Topliss-reactive ketones (excluding diaryl/α,β-unsaturated/α-hetero) is 1. The zero-order valence-electron chi connectivity index (χ0n) is 5.17. The summed E-state index contributed by atoms with van der Waals surface area (Å²) in [6, 6.07) is 7.37. The Morgan fingerprint density at radius 1 is 1.20 bits per heavy atom. The highest BCUT2D eigenvalue weighted by atomic mass is 35.5. The summed E-state index contributed by atoms with van der Waals surface area (Å²) in [5, 5.41) is -0.426. The van der Waals surface area contributed by atoms with E-state index in [0.29, 0.717) is 0 Å². The van der Waals surface area contributed by atoms with Crippen molar-refractivity contribution in [2.24, 2.45) is 0 Å². The van der Waals surface area contributed by atoms with Crippen molar-refractivity contribution in [3.63, 3.8) is 0 Å². The smallest absolute Gasteiger partial charge is 0.185 e. The van der Waals surface area contributed by atoms with Gasteiger partial charge in [0.2, 0.25) is 0 Å². The Hall–Kier alpha value is -0.820. The van der Waals surface area contributed by atoms with Crippen molar-refractivity contribution in [1.82, 2.24) is 0 Å².